The number of aromatic nitrogens is 3. The van der Waals surface area contributed by atoms with Crippen LogP contribution in [0, 0.1) is 11.3 Å². The second-order valence-corrected chi connectivity index (χ2v) is 6.67. The summed E-state index contributed by atoms with van der Waals surface area (Å²) in [6.45, 7) is 0. The Morgan fingerprint density at radius 1 is 1.40 bits per heavy atom. The summed E-state index contributed by atoms with van der Waals surface area (Å²) in [4.78, 5) is 21.8. The van der Waals surface area contributed by atoms with Crippen LogP contribution in [0.5, 0.6) is 0 Å². The molecular weight excluding hydrogens is 252 g/mol. The van der Waals surface area contributed by atoms with Crippen molar-refractivity contribution in [1.29, 1.82) is 0 Å². The zero-order valence-corrected chi connectivity index (χ0v) is 11.5. The molecule has 0 amide bonds. The van der Waals surface area contributed by atoms with E-state index < -0.39 is 0 Å². The average molecular weight is 272 g/mol. The minimum atomic E-state index is -0.177. The average Bonchev–Trinajstić information content (AvgIpc) is 2.92. The molecule has 2 unspecified atom stereocenters. The van der Waals surface area contributed by atoms with Crippen LogP contribution in [0.4, 0.5) is 5.95 Å². The fraction of sp³-hybridized carbons (Fsp3) is 0.600. The predicted octanol–water partition coefficient (Wildman–Crippen LogP) is 2.35. The molecular formula is C15H20N4O. The summed E-state index contributed by atoms with van der Waals surface area (Å²) < 4.78 is 0. The molecule has 2 aromatic heterocycles. The van der Waals surface area contributed by atoms with Crippen molar-refractivity contribution < 1.29 is 0 Å². The summed E-state index contributed by atoms with van der Waals surface area (Å²) in [5.41, 5.74) is 8.41. The van der Waals surface area contributed by atoms with E-state index in [1.807, 2.05) is 6.20 Å². The van der Waals surface area contributed by atoms with Crippen LogP contribution in [0.3, 0.4) is 0 Å². The quantitative estimate of drug-likeness (QED) is 0.784. The van der Waals surface area contributed by atoms with Gasteiger partial charge in [0.25, 0.3) is 5.56 Å². The molecule has 4 N–H and O–H groups in total. The molecule has 2 aliphatic rings. The Labute approximate surface area is 117 Å². The minimum Gasteiger partial charge on any atom is -0.369 e. The normalized spacial score (nSPS) is 29.1. The summed E-state index contributed by atoms with van der Waals surface area (Å²) in [6, 6.07) is 0. The monoisotopic (exact) mass is 272 g/mol. The van der Waals surface area contributed by atoms with E-state index in [1.165, 1.54) is 38.5 Å². The number of nitrogens with one attached hydrogen (secondary N) is 2. The smallest absolute Gasteiger partial charge is 0.276 e. The third-order valence-corrected chi connectivity index (χ3v) is 5.32. The van der Waals surface area contributed by atoms with Gasteiger partial charge < -0.3 is 10.7 Å². The van der Waals surface area contributed by atoms with E-state index in [2.05, 4.69) is 15.0 Å². The number of rotatable bonds is 2. The standard InChI is InChI=1S/C15H20N4O/c16-14-18-11-10(8-17-12(11)13(20)19-14)7-15-4-1-2-9(6-15)3-5-15/h8-9,17H,1-7H2,(H3,16,18,19,20). The van der Waals surface area contributed by atoms with Crippen molar-refractivity contribution >= 4 is 17.0 Å². The van der Waals surface area contributed by atoms with Gasteiger partial charge in [-0.15, -0.1) is 0 Å². The molecule has 0 radical (unpaired) electrons. The second kappa shape index (κ2) is 4.11. The first-order valence-electron chi connectivity index (χ1n) is 7.51. The minimum absolute atomic E-state index is 0.177. The van der Waals surface area contributed by atoms with Gasteiger partial charge in [-0.2, -0.15) is 0 Å². The maximum atomic E-state index is 11.9. The Bertz CT molecular complexity index is 712. The number of nitrogens with two attached hydrogens (primary N) is 1. The van der Waals surface area contributed by atoms with E-state index in [-0.39, 0.29) is 11.5 Å². The molecule has 0 aliphatic heterocycles. The number of aromatic amines is 2. The lowest BCUT2D eigenvalue weighted by Crippen LogP contribution is -2.23. The summed E-state index contributed by atoms with van der Waals surface area (Å²) in [5, 5.41) is 0. The number of nitrogen functional groups attached to an aromatic ring is 1. The molecule has 0 spiro atoms. The number of nitrogens with zero attached hydrogens (tertiary/aromatic N) is 1. The van der Waals surface area contributed by atoms with Crippen molar-refractivity contribution in [2.75, 3.05) is 5.73 Å². The van der Waals surface area contributed by atoms with Crippen LogP contribution >= 0.6 is 0 Å². The van der Waals surface area contributed by atoms with Crippen molar-refractivity contribution in [2.24, 2.45) is 11.3 Å². The summed E-state index contributed by atoms with van der Waals surface area (Å²) in [7, 11) is 0. The number of fused-ring (bicyclic) bond motifs is 3. The molecule has 2 atom stereocenters. The summed E-state index contributed by atoms with van der Waals surface area (Å²) >= 11 is 0. The van der Waals surface area contributed by atoms with Gasteiger partial charge in [-0.25, -0.2) is 4.98 Å². The zero-order chi connectivity index (χ0) is 13.7. The molecule has 2 heterocycles. The molecule has 2 fully saturated rings. The fourth-order valence-corrected chi connectivity index (χ4v) is 4.44. The first-order valence-corrected chi connectivity index (χ1v) is 7.51. The van der Waals surface area contributed by atoms with Crippen molar-refractivity contribution in [3.05, 3.63) is 22.1 Å². The molecule has 0 aromatic carbocycles. The number of hydrogen-bond donors (Lipinski definition) is 3. The van der Waals surface area contributed by atoms with Crippen LogP contribution in [0.15, 0.2) is 11.0 Å². The van der Waals surface area contributed by atoms with Gasteiger partial charge in [0.2, 0.25) is 5.95 Å². The lowest BCUT2D eigenvalue weighted by molar-refractivity contribution is 0.210. The topological polar surface area (TPSA) is 87.6 Å². The molecule has 4 rings (SSSR count). The zero-order valence-electron chi connectivity index (χ0n) is 11.5. The molecule has 20 heavy (non-hydrogen) atoms. The van der Waals surface area contributed by atoms with Gasteiger partial charge in [0.05, 0.1) is 0 Å². The van der Waals surface area contributed by atoms with Gasteiger partial charge in [0.15, 0.2) is 0 Å². The van der Waals surface area contributed by atoms with Crippen molar-refractivity contribution in [1.82, 2.24) is 15.0 Å². The predicted molar refractivity (Wildman–Crippen MR) is 78.5 cm³/mol. The third kappa shape index (κ3) is 1.76. The maximum Gasteiger partial charge on any atom is 0.276 e. The van der Waals surface area contributed by atoms with Crippen LogP contribution in [-0.2, 0) is 6.42 Å². The maximum absolute atomic E-state index is 11.9. The van der Waals surface area contributed by atoms with Gasteiger partial charge in [-0.3, -0.25) is 9.78 Å². The van der Waals surface area contributed by atoms with E-state index in [4.69, 9.17) is 5.73 Å². The molecule has 106 valence electrons. The van der Waals surface area contributed by atoms with E-state index in [9.17, 15) is 4.79 Å². The van der Waals surface area contributed by atoms with Gasteiger partial charge in [-0.1, -0.05) is 12.8 Å². The van der Waals surface area contributed by atoms with Crippen LogP contribution in [0.1, 0.15) is 44.1 Å². The van der Waals surface area contributed by atoms with E-state index in [0.717, 1.165) is 23.4 Å². The molecule has 2 aliphatic carbocycles. The first kappa shape index (κ1) is 12.0. The Balaban J connectivity index is 1.74. The first-order chi connectivity index (χ1) is 9.65. The van der Waals surface area contributed by atoms with E-state index in [1.54, 1.807) is 0 Å². The van der Waals surface area contributed by atoms with Crippen LogP contribution in [-0.4, -0.2) is 15.0 Å². The van der Waals surface area contributed by atoms with Gasteiger partial charge in [0, 0.05) is 6.20 Å². The molecule has 2 aromatic rings. The Morgan fingerprint density at radius 3 is 3.20 bits per heavy atom. The van der Waals surface area contributed by atoms with Gasteiger partial charge in [-0.05, 0) is 49.0 Å². The lowest BCUT2D eigenvalue weighted by atomic mass is 9.72. The van der Waals surface area contributed by atoms with Gasteiger partial charge >= 0.3 is 0 Å². The van der Waals surface area contributed by atoms with Crippen LogP contribution in [0.25, 0.3) is 11.0 Å². The molecule has 5 heteroatoms. The molecule has 0 saturated heterocycles. The largest absolute Gasteiger partial charge is 0.369 e. The SMILES string of the molecule is Nc1nc2c(CC34CCCC(CC3)C4)c[nH]c2c(=O)[nH]1. The van der Waals surface area contributed by atoms with Crippen molar-refractivity contribution in [3.8, 4) is 0 Å². The highest BCUT2D eigenvalue weighted by molar-refractivity contribution is 5.78. The highest BCUT2D eigenvalue weighted by atomic mass is 16.1. The molecule has 2 saturated carbocycles. The number of hydrogen-bond acceptors (Lipinski definition) is 3. The second-order valence-electron chi connectivity index (χ2n) is 6.67. The summed E-state index contributed by atoms with van der Waals surface area (Å²) in [5.74, 6) is 1.13. The summed E-state index contributed by atoms with van der Waals surface area (Å²) in [6.07, 6.45) is 11.1. The lowest BCUT2D eigenvalue weighted by Gasteiger charge is -2.33. The number of H-pyrrole nitrogens is 2. The van der Waals surface area contributed by atoms with Crippen molar-refractivity contribution in [3.63, 3.8) is 0 Å². The van der Waals surface area contributed by atoms with Crippen LogP contribution < -0.4 is 11.3 Å². The van der Waals surface area contributed by atoms with Crippen molar-refractivity contribution in [2.45, 2.75) is 44.9 Å². The number of anilines is 1. The van der Waals surface area contributed by atoms with E-state index in [0.29, 0.717) is 10.9 Å². The third-order valence-electron chi connectivity index (χ3n) is 5.32. The highest BCUT2D eigenvalue weighted by Crippen LogP contribution is 2.53. The Morgan fingerprint density at radius 2 is 2.30 bits per heavy atom. The Hall–Kier alpha value is -1.78. The Kier molecular flexibility index (Phi) is 2.46. The fourth-order valence-electron chi connectivity index (χ4n) is 4.44. The molecule has 5 nitrogen and oxygen atoms in total. The highest BCUT2D eigenvalue weighted by Gasteiger charge is 2.42. The van der Waals surface area contributed by atoms with E-state index >= 15 is 0 Å². The molecule has 2 bridgehead atoms. The van der Waals surface area contributed by atoms with Crippen LogP contribution in [0.2, 0.25) is 0 Å². The van der Waals surface area contributed by atoms with Gasteiger partial charge in [0.1, 0.15) is 11.0 Å².